The summed E-state index contributed by atoms with van der Waals surface area (Å²) in [7, 11) is 5.00. The van der Waals surface area contributed by atoms with Gasteiger partial charge in [0, 0.05) is 154 Å². The second-order valence-corrected chi connectivity index (χ2v) is 37.0. The van der Waals surface area contributed by atoms with E-state index in [9.17, 15) is 66.2 Å². The first-order chi connectivity index (χ1) is 61.9. The fourth-order valence-electron chi connectivity index (χ4n) is 20.1. The minimum absolute atomic E-state index is 0. The number of nitro benzene ring substituents is 2. The fourth-order valence-corrected chi connectivity index (χ4v) is 20.4. The third-order valence-corrected chi connectivity index (χ3v) is 27.4. The number of rotatable bonds is 14. The molecule has 6 aliphatic heterocycles. The molecule has 5 saturated carbocycles. The number of ketones is 1. The van der Waals surface area contributed by atoms with E-state index in [1.165, 1.54) is 294 Å². The monoisotopic (exact) mass is 1840 g/mol. The van der Waals surface area contributed by atoms with Gasteiger partial charge in [-0.1, -0.05) is 183 Å². The zero-order valence-corrected chi connectivity index (χ0v) is 76.6. The van der Waals surface area contributed by atoms with E-state index in [1.54, 1.807) is 17.0 Å². The number of nitrogen functional groups attached to an aromatic ring is 1. The van der Waals surface area contributed by atoms with Crippen molar-refractivity contribution in [1.82, 2.24) is 24.5 Å². The Balaban J connectivity index is 0.000000275. The number of carbonyl (C=O) groups excluding carboxylic acids is 5. The third kappa shape index (κ3) is 39.5. The average Bonchev–Trinajstić information content (AvgIpc) is 1.58. The summed E-state index contributed by atoms with van der Waals surface area (Å²) in [4.78, 5) is 90.1. The van der Waals surface area contributed by atoms with Crippen molar-refractivity contribution in [1.29, 1.82) is 1.34 Å². The summed E-state index contributed by atoms with van der Waals surface area (Å²) < 4.78 is 76.3. The number of fused-ring (bicyclic) bond motifs is 1. The van der Waals surface area contributed by atoms with Crippen LogP contribution in [-0.4, -0.2) is 192 Å². The summed E-state index contributed by atoms with van der Waals surface area (Å²) in [5.41, 5.74) is 13.8. The lowest BCUT2D eigenvalue weighted by Crippen LogP contribution is -2.50. The Hall–Kier alpha value is -6.92. The number of nitrogens with zero attached hydrogens (tertiary/aromatic N) is 8. The van der Waals surface area contributed by atoms with Crippen molar-refractivity contribution in [3.63, 3.8) is 0 Å². The number of amides is 2. The van der Waals surface area contributed by atoms with E-state index >= 15 is 0 Å². The molecule has 10 fully saturated rings. The maximum atomic E-state index is 13.9. The Morgan fingerprint density at radius 2 is 0.742 bits per heavy atom. The van der Waals surface area contributed by atoms with E-state index in [2.05, 4.69) is 48.8 Å². The van der Waals surface area contributed by atoms with Gasteiger partial charge in [0.05, 0.1) is 39.0 Å². The van der Waals surface area contributed by atoms with Gasteiger partial charge in [-0.15, -0.1) is 0 Å². The molecule has 4 aromatic carbocycles. The van der Waals surface area contributed by atoms with Crippen LogP contribution in [0.5, 0.6) is 0 Å². The van der Waals surface area contributed by atoms with Crippen molar-refractivity contribution in [2.45, 2.75) is 378 Å². The van der Waals surface area contributed by atoms with Gasteiger partial charge in [0.1, 0.15) is 41.2 Å². The van der Waals surface area contributed by atoms with Crippen molar-refractivity contribution in [3.8, 4) is 0 Å². The molecule has 0 aromatic heterocycles. The molecule has 128 heavy (non-hydrogen) atoms. The highest BCUT2D eigenvalue weighted by molar-refractivity contribution is 6.72. The number of likely N-dealkylation sites (tertiary alicyclic amines) is 5. The van der Waals surface area contributed by atoms with Crippen LogP contribution in [0.3, 0.4) is 0 Å². The van der Waals surface area contributed by atoms with Crippen molar-refractivity contribution in [2.75, 3.05) is 92.0 Å². The van der Waals surface area contributed by atoms with Crippen molar-refractivity contribution in [3.05, 3.63) is 122 Å². The lowest BCUT2D eigenvalue weighted by atomic mass is 9.93. The summed E-state index contributed by atoms with van der Waals surface area (Å²) in [6.45, 7) is 10.8. The van der Waals surface area contributed by atoms with Crippen molar-refractivity contribution >= 4 is 99.5 Å². The molecule has 0 spiro atoms. The minimum atomic E-state index is -1.16. The Morgan fingerprint density at radius 3 is 1.11 bits per heavy atom. The molecular formula is C98H155BCl2F5N13O9. The average molecular weight is 1840 g/mol. The molecule has 2 radical (unpaired) electrons. The number of hydrogen-bond acceptors (Lipinski definition) is 18. The highest BCUT2D eigenvalue weighted by Gasteiger charge is 2.37. The predicted octanol–water partition coefficient (Wildman–Crippen LogP) is 22.5. The van der Waals surface area contributed by atoms with E-state index in [0.717, 1.165) is 146 Å². The molecule has 5 saturated heterocycles. The Bertz CT molecular complexity index is 3890. The Morgan fingerprint density at radius 1 is 0.430 bits per heavy atom. The zero-order chi connectivity index (χ0) is 92.5. The van der Waals surface area contributed by atoms with Gasteiger partial charge in [0.2, 0.25) is 28.1 Å². The number of anilines is 5. The van der Waals surface area contributed by atoms with Crippen LogP contribution in [0.4, 0.5) is 61.8 Å². The van der Waals surface area contributed by atoms with Crippen molar-refractivity contribution < 1.29 is 57.1 Å². The second kappa shape index (κ2) is 61.0. The van der Waals surface area contributed by atoms with E-state index in [-0.39, 0.29) is 68.9 Å². The van der Waals surface area contributed by atoms with E-state index < -0.39 is 43.5 Å². The van der Waals surface area contributed by atoms with Crippen LogP contribution >= 0.6 is 23.2 Å². The molecule has 4 aromatic rings. The van der Waals surface area contributed by atoms with E-state index in [4.69, 9.17) is 37.4 Å². The van der Waals surface area contributed by atoms with Crippen LogP contribution in [0.2, 0.25) is 0 Å². The number of piperidine rings is 5. The molecular weight excluding hydrogens is 1680 g/mol. The quantitative estimate of drug-likeness (QED) is 0.0149. The molecule has 22 nitrogen and oxygen atoms in total. The lowest BCUT2D eigenvalue weighted by molar-refractivity contribution is -0.387. The van der Waals surface area contributed by atoms with Crippen LogP contribution in [0, 0.1) is 49.3 Å². The highest BCUT2D eigenvalue weighted by atomic mass is 35.5. The molecule has 0 unspecified atom stereocenters. The molecule has 6 heterocycles. The molecule has 0 atom stereocenters. The summed E-state index contributed by atoms with van der Waals surface area (Å²) in [5, 5.41) is 29.1. The number of halogens is 7. The van der Waals surface area contributed by atoms with Gasteiger partial charge in [-0.3, -0.25) is 49.1 Å². The van der Waals surface area contributed by atoms with E-state index in [0.29, 0.717) is 58.8 Å². The Labute approximate surface area is 776 Å². The first-order valence-electron chi connectivity index (χ1n) is 48.9. The van der Waals surface area contributed by atoms with Crippen LogP contribution in [0.1, 0.15) is 325 Å². The van der Waals surface area contributed by atoms with Gasteiger partial charge >= 0.3 is 5.69 Å². The summed E-state index contributed by atoms with van der Waals surface area (Å²) in [5.74, 6) is -3.13. The second-order valence-electron chi connectivity index (χ2n) is 36.2. The topological polar surface area (TPSA) is 279 Å². The lowest BCUT2D eigenvalue weighted by Gasteiger charge is -2.42. The largest absolute Gasteiger partial charge is 0.397 e. The molecule has 15 rings (SSSR count). The number of benzene rings is 4. The third-order valence-electron chi connectivity index (χ3n) is 27.2. The number of Topliss-reactive ketones (excluding diaryl/α,β-unsaturated/α-hetero) is 1. The van der Waals surface area contributed by atoms with Crippen LogP contribution in [0.25, 0.3) is 0 Å². The minimum Gasteiger partial charge on any atom is -0.397 e. The summed E-state index contributed by atoms with van der Waals surface area (Å²) in [6, 6.07) is 19.4. The van der Waals surface area contributed by atoms with Crippen LogP contribution in [-0.2, 0) is 24.0 Å². The van der Waals surface area contributed by atoms with Gasteiger partial charge in [-0.25, -0.2) is 17.6 Å². The molecule has 718 valence electrons. The molecule has 30 heteroatoms. The number of carbonyl (C=O) groups is 5. The molecule has 11 aliphatic rings. The van der Waals surface area contributed by atoms with Crippen molar-refractivity contribution in [2.24, 2.45) is 5.73 Å². The summed E-state index contributed by atoms with van der Waals surface area (Å²) >= 11 is 9.46. The fraction of sp³-hybridized carbons (Fsp3) is 0.704. The molecule has 0 bridgehead atoms. The van der Waals surface area contributed by atoms with Crippen LogP contribution in [0.15, 0.2) is 72.8 Å². The number of nitrogens with one attached hydrogen (secondary N) is 3. The molecule has 2 amide bonds. The number of nitrogens with two attached hydrogens (primary N) is 2. The number of nitro groups is 2. The standard InChI is InChI=1S/C22H30FN3O2.C19H28FN3O2.C19H30FN3.C13H26N2.C13H23NO.C6H3F2NO2.C3H2Cl2O2.3CH4.BH/c23-16-8-9-19-20(14-16)26(22(28)15-21(27)24-19)18-10-12-25(13-11-18)17-6-4-2-1-3-5-7-17;20-15-8-9-19(23(24)25)18(14-15)21-16-10-12-22(13-11-16)17-6-4-2-1-3-5-7-17;20-15-8-9-18(21)19(14-15)22-16-10-12-23(13-11-16)17-6-4-2-1-3-5-7-17;14-12-8-10-15(11-9-12)13-6-4-2-1-3-5-7-13;15-13-8-10-14(11-9-13)12-6-4-2-1-3-5-7-12;7-4-1-2-6(9(10)11)5(8)3-4;4-2(6)1-3(5)7;;;;/h8-9,14,17-18H,1-7,10-13,15H2,(H,24,27);8-9,14,16-17,21H,1-7,10-13H2;8-9,14,16-17,22H,1-7,10-13,21H2;12-13H,1-11,14H2;12H,1-11H2;1-3H;1H2;3*1H4;1H/i;;;;;;;1D;;;1D. The first kappa shape index (κ1) is 108. The van der Waals surface area contributed by atoms with Gasteiger partial charge in [0.15, 0.2) is 0 Å². The molecule has 5 aliphatic carbocycles. The van der Waals surface area contributed by atoms with Gasteiger partial charge in [-0.05, 0) is 202 Å². The SMILES string of the molecule is C.C.NC1CCN(C2CCCCCCC2)CC1.Nc1ccc(F)cc1NC1CCN(C2CCCCCCC2)CC1.O=C(Cl)CC(=O)Cl.O=C1CC(=O)N(C2CCN(C3CCCCCCC3)CC2)c2cc(F)ccc2N1.O=C1CCN(C2CCCCCCC2)CC1.O=[N+]([O-])c1ccc(F)cc1F.O=[N+]([O-])c1ccc(F)cc1NC1CCN(C2CCCCCCC2)CC1.[2H]C.[2H][B]. The maximum Gasteiger partial charge on any atom is 0.304 e. The molecule has 7 N–H and O–H groups in total. The predicted molar refractivity (Wildman–Crippen MR) is 514 cm³/mol. The maximum absolute atomic E-state index is 13.9. The first-order valence-corrected chi connectivity index (χ1v) is 48.1. The summed E-state index contributed by atoms with van der Waals surface area (Å²) in [6.07, 6.45) is 57.7. The van der Waals surface area contributed by atoms with Gasteiger partial charge in [0.25, 0.3) is 5.69 Å². The van der Waals surface area contributed by atoms with E-state index in [1.807, 2.05) is 0 Å². The van der Waals surface area contributed by atoms with Crippen LogP contribution < -0.4 is 32.3 Å². The highest BCUT2D eigenvalue weighted by Crippen LogP contribution is 2.38. The van der Waals surface area contributed by atoms with Gasteiger partial charge < -0.3 is 51.9 Å². The Kier molecular flexibility index (Phi) is 51.5. The normalized spacial score (nSPS) is 21.3. The smallest absolute Gasteiger partial charge is 0.304 e. The number of hydrogen-bond donors (Lipinski definition) is 5. The van der Waals surface area contributed by atoms with Gasteiger partial charge in [-0.2, -0.15) is 4.39 Å². The zero-order valence-electron chi connectivity index (χ0n) is 77.1.